The molecule has 0 fully saturated rings. The number of anilines is 1. The molecule has 102 valence electrons. The van der Waals surface area contributed by atoms with Crippen LogP contribution in [0.4, 0.5) is 5.69 Å². The van der Waals surface area contributed by atoms with Crippen molar-refractivity contribution in [2.45, 2.75) is 12.5 Å². The SMILES string of the molecule is C=CCNC(=O)C[C@H]1COc2ccc(Cl)cc2N1C. The standard InChI is InChI=1S/C14H17ClN2O2/c1-3-6-16-14(18)8-11-9-19-13-5-4-10(15)7-12(13)17(11)2/h3-5,7,11H,1,6,8-9H2,2H3,(H,16,18)/t11-/m0/s1. The van der Waals surface area contributed by atoms with Crippen LogP contribution in [0.1, 0.15) is 6.42 Å². The van der Waals surface area contributed by atoms with Gasteiger partial charge >= 0.3 is 0 Å². The first-order valence-electron chi connectivity index (χ1n) is 6.14. The van der Waals surface area contributed by atoms with Crippen molar-refractivity contribution in [1.82, 2.24) is 5.32 Å². The Bertz CT molecular complexity index is 490. The van der Waals surface area contributed by atoms with E-state index in [9.17, 15) is 4.79 Å². The predicted octanol–water partition coefficient (Wildman–Crippen LogP) is 2.23. The Morgan fingerprint density at radius 2 is 2.47 bits per heavy atom. The number of likely N-dealkylation sites (N-methyl/N-ethyl adjacent to an activating group) is 1. The van der Waals surface area contributed by atoms with Gasteiger partial charge in [0.1, 0.15) is 12.4 Å². The van der Waals surface area contributed by atoms with E-state index in [2.05, 4.69) is 11.9 Å². The Hall–Kier alpha value is -1.68. The zero-order chi connectivity index (χ0) is 13.8. The van der Waals surface area contributed by atoms with Gasteiger partial charge in [-0.15, -0.1) is 6.58 Å². The van der Waals surface area contributed by atoms with Gasteiger partial charge in [-0.3, -0.25) is 4.79 Å². The van der Waals surface area contributed by atoms with Crippen molar-refractivity contribution in [1.29, 1.82) is 0 Å². The first-order chi connectivity index (χ1) is 9.11. The quantitative estimate of drug-likeness (QED) is 0.860. The van der Waals surface area contributed by atoms with Gasteiger partial charge in [0.15, 0.2) is 0 Å². The average Bonchev–Trinajstić information content (AvgIpc) is 2.40. The minimum Gasteiger partial charge on any atom is -0.489 e. The molecule has 1 N–H and O–H groups in total. The molecule has 1 aromatic rings. The van der Waals surface area contributed by atoms with Gasteiger partial charge in [-0.05, 0) is 18.2 Å². The number of carbonyl (C=O) groups is 1. The second-order valence-electron chi connectivity index (χ2n) is 4.48. The number of halogens is 1. The van der Waals surface area contributed by atoms with Crippen LogP contribution in [0.2, 0.25) is 5.02 Å². The van der Waals surface area contributed by atoms with E-state index in [4.69, 9.17) is 16.3 Å². The maximum absolute atomic E-state index is 11.7. The summed E-state index contributed by atoms with van der Waals surface area (Å²) >= 11 is 5.99. The molecule has 1 aliphatic rings. The largest absolute Gasteiger partial charge is 0.489 e. The van der Waals surface area contributed by atoms with Crippen LogP contribution >= 0.6 is 11.6 Å². The first-order valence-corrected chi connectivity index (χ1v) is 6.52. The van der Waals surface area contributed by atoms with Crippen molar-refractivity contribution in [2.75, 3.05) is 25.1 Å². The third-order valence-corrected chi connectivity index (χ3v) is 3.38. The van der Waals surface area contributed by atoms with Crippen LogP contribution in [-0.4, -0.2) is 32.1 Å². The minimum atomic E-state index is -0.00849. The molecule has 0 aliphatic carbocycles. The maximum atomic E-state index is 11.7. The number of hydrogen-bond donors (Lipinski definition) is 1. The molecule has 19 heavy (non-hydrogen) atoms. The highest BCUT2D eigenvalue weighted by Crippen LogP contribution is 2.35. The van der Waals surface area contributed by atoms with Crippen molar-refractivity contribution in [2.24, 2.45) is 0 Å². The van der Waals surface area contributed by atoms with Crippen molar-refractivity contribution < 1.29 is 9.53 Å². The Balaban J connectivity index is 2.06. The summed E-state index contributed by atoms with van der Waals surface area (Å²) in [6.07, 6.45) is 2.05. The molecule has 0 saturated heterocycles. The molecule has 0 bridgehead atoms. The highest BCUT2D eigenvalue weighted by Gasteiger charge is 2.26. The molecule has 0 unspecified atom stereocenters. The van der Waals surface area contributed by atoms with Gasteiger partial charge in [-0.25, -0.2) is 0 Å². The maximum Gasteiger partial charge on any atom is 0.222 e. The van der Waals surface area contributed by atoms with E-state index in [1.807, 2.05) is 24.1 Å². The number of fused-ring (bicyclic) bond motifs is 1. The number of nitrogens with zero attached hydrogens (tertiary/aromatic N) is 1. The van der Waals surface area contributed by atoms with Crippen LogP contribution in [0.3, 0.4) is 0 Å². The fourth-order valence-electron chi connectivity index (χ4n) is 2.05. The number of carbonyl (C=O) groups excluding carboxylic acids is 1. The summed E-state index contributed by atoms with van der Waals surface area (Å²) in [7, 11) is 1.95. The number of benzene rings is 1. The molecule has 1 aromatic carbocycles. The second-order valence-corrected chi connectivity index (χ2v) is 4.92. The Morgan fingerprint density at radius 1 is 1.68 bits per heavy atom. The second kappa shape index (κ2) is 5.97. The van der Waals surface area contributed by atoms with Crippen LogP contribution in [-0.2, 0) is 4.79 Å². The molecule has 0 aromatic heterocycles. The Kier molecular flexibility index (Phi) is 4.32. The molecule has 0 spiro atoms. The molecule has 2 rings (SSSR count). The summed E-state index contributed by atoms with van der Waals surface area (Å²) in [5.74, 6) is 0.792. The first kappa shape index (κ1) is 13.7. The van der Waals surface area contributed by atoms with E-state index >= 15 is 0 Å². The zero-order valence-corrected chi connectivity index (χ0v) is 11.6. The van der Waals surface area contributed by atoms with E-state index in [1.165, 1.54) is 0 Å². The summed E-state index contributed by atoms with van der Waals surface area (Å²) in [5, 5.41) is 3.43. The third kappa shape index (κ3) is 3.20. The van der Waals surface area contributed by atoms with E-state index in [0.717, 1.165) is 11.4 Å². The van der Waals surface area contributed by atoms with Gasteiger partial charge in [0.2, 0.25) is 5.91 Å². The molecule has 0 radical (unpaired) electrons. The molecule has 5 heteroatoms. The van der Waals surface area contributed by atoms with Crippen molar-refractivity contribution in [3.05, 3.63) is 35.9 Å². The van der Waals surface area contributed by atoms with Gasteiger partial charge in [-0.2, -0.15) is 0 Å². The van der Waals surface area contributed by atoms with E-state index in [0.29, 0.717) is 24.6 Å². The van der Waals surface area contributed by atoms with Crippen LogP contribution in [0.25, 0.3) is 0 Å². The highest BCUT2D eigenvalue weighted by atomic mass is 35.5. The Labute approximate surface area is 118 Å². The molecule has 1 atom stereocenters. The van der Waals surface area contributed by atoms with Crippen molar-refractivity contribution in [3.63, 3.8) is 0 Å². The predicted molar refractivity (Wildman–Crippen MR) is 77.0 cm³/mol. The molecule has 1 amide bonds. The van der Waals surface area contributed by atoms with E-state index in [-0.39, 0.29) is 11.9 Å². The molecule has 1 aliphatic heterocycles. The topological polar surface area (TPSA) is 41.6 Å². The zero-order valence-electron chi connectivity index (χ0n) is 10.9. The lowest BCUT2D eigenvalue weighted by atomic mass is 10.1. The number of ether oxygens (including phenoxy) is 1. The fraction of sp³-hybridized carbons (Fsp3) is 0.357. The van der Waals surface area contributed by atoms with Gasteiger partial charge < -0.3 is 15.0 Å². The lowest BCUT2D eigenvalue weighted by molar-refractivity contribution is -0.121. The fourth-order valence-corrected chi connectivity index (χ4v) is 2.22. The summed E-state index contributed by atoms with van der Waals surface area (Å²) in [6.45, 7) is 4.55. The summed E-state index contributed by atoms with van der Waals surface area (Å²) in [4.78, 5) is 13.8. The van der Waals surface area contributed by atoms with Crippen LogP contribution < -0.4 is 15.0 Å². The van der Waals surface area contributed by atoms with Crippen LogP contribution in [0.15, 0.2) is 30.9 Å². The lowest BCUT2D eigenvalue weighted by Crippen LogP contribution is -2.43. The monoisotopic (exact) mass is 280 g/mol. The lowest BCUT2D eigenvalue weighted by Gasteiger charge is -2.35. The summed E-state index contributed by atoms with van der Waals surface area (Å²) in [6, 6.07) is 5.51. The van der Waals surface area contributed by atoms with Crippen molar-refractivity contribution >= 4 is 23.2 Å². The molecule has 1 heterocycles. The van der Waals surface area contributed by atoms with E-state index < -0.39 is 0 Å². The summed E-state index contributed by atoms with van der Waals surface area (Å²) in [5.41, 5.74) is 0.917. The normalized spacial score (nSPS) is 17.4. The van der Waals surface area contributed by atoms with Crippen LogP contribution in [0.5, 0.6) is 5.75 Å². The van der Waals surface area contributed by atoms with Gasteiger partial charge in [0.25, 0.3) is 0 Å². The number of hydrogen-bond acceptors (Lipinski definition) is 3. The molecular formula is C14H17ClN2O2. The third-order valence-electron chi connectivity index (χ3n) is 3.14. The van der Waals surface area contributed by atoms with E-state index in [1.54, 1.807) is 12.1 Å². The highest BCUT2D eigenvalue weighted by molar-refractivity contribution is 6.30. The molecular weight excluding hydrogens is 264 g/mol. The minimum absolute atomic E-state index is 0.00849. The van der Waals surface area contributed by atoms with Gasteiger partial charge in [-0.1, -0.05) is 17.7 Å². The van der Waals surface area contributed by atoms with Gasteiger partial charge in [0, 0.05) is 18.6 Å². The molecule has 0 saturated carbocycles. The average molecular weight is 281 g/mol. The van der Waals surface area contributed by atoms with Crippen molar-refractivity contribution in [3.8, 4) is 5.75 Å². The number of rotatable bonds is 4. The summed E-state index contributed by atoms with van der Waals surface area (Å²) < 4.78 is 5.67. The smallest absolute Gasteiger partial charge is 0.222 e. The number of nitrogens with one attached hydrogen (secondary N) is 1. The Morgan fingerprint density at radius 3 is 3.21 bits per heavy atom. The van der Waals surface area contributed by atoms with Gasteiger partial charge in [0.05, 0.1) is 18.2 Å². The molecule has 4 nitrogen and oxygen atoms in total. The number of amides is 1. The van der Waals surface area contributed by atoms with Crippen LogP contribution in [0, 0.1) is 0 Å².